The van der Waals surface area contributed by atoms with Gasteiger partial charge in [0.05, 0.1) is 36.7 Å². The summed E-state index contributed by atoms with van der Waals surface area (Å²) < 4.78 is 10.6. The Balaban J connectivity index is 1.67. The molecule has 0 aliphatic carbocycles. The quantitative estimate of drug-likeness (QED) is 0.323. The molecule has 0 aliphatic heterocycles. The van der Waals surface area contributed by atoms with Crippen LogP contribution < -0.4 is 14.9 Å². The summed E-state index contributed by atoms with van der Waals surface area (Å²) in [6, 6.07) is 23.0. The molecule has 1 heterocycles. The van der Waals surface area contributed by atoms with Gasteiger partial charge in [0, 0.05) is 16.5 Å². The van der Waals surface area contributed by atoms with E-state index in [0.29, 0.717) is 22.8 Å². The highest BCUT2D eigenvalue weighted by atomic mass is 16.5. The molecule has 0 spiro atoms. The van der Waals surface area contributed by atoms with Crippen molar-refractivity contribution in [1.29, 1.82) is 0 Å². The molecule has 1 amide bonds. The maximum Gasteiger partial charge on any atom is 0.272 e. The number of aromatic nitrogens is 1. The van der Waals surface area contributed by atoms with E-state index in [-0.39, 0.29) is 5.91 Å². The number of hydrogen-bond donors (Lipinski definition) is 1. The first-order chi connectivity index (χ1) is 16.0. The van der Waals surface area contributed by atoms with Gasteiger partial charge in [0.15, 0.2) is 11.5 Å². The van der Waals surface area contributed by atoms with E-state index in [1.807, 2.05) is 80.6 Å². The summed E-state index contributed by atoms with van der Waals surface area (Å²) >= 11 is 0. The van der Waals surface area contributed by atoms with Gasteiger partial charge in [0.1, 0.15) is 0 Å². The number of benzene rings is 3. The van der Waals surface area contributed by atoms with Crippen molar-refractivity contribution in [3.05, 3.63) is 89.5 Å². The summed E-state index contributed by atoms with van der Waals surface area (Å²) in [4.78, 5) is 17.9. The third kappa shape index (κ3) is 4.70. The van der Waals surface area contributed by atoms with Gasteiger partial charge >= 0.3 is 0 Å². The van der Waals surface area contributed by atoms with Gasteiger partial charge in [-0.15, -0.1) is 0 Å². The Hall–Kier alpha value is -4.19. The number of rotatable bonds is 6. The average molecular weight is 440 g/mol. The van der Waals surface area contributed by atoms with E-state index in [2.05, 4.69) is 10.5 Å². The van der Waals surface area contributed by atoms with Crippen molar-refractivity contribution in [2.45, 2.75) is 13.8 Å². The second kappa shape index (κ2) is 9.53. The zero-order chi connectivity index (χ0) is 23.4. The van der Waals surface area contributed by atoms with Crippen LogP contribution in [-0.4, -0.2) is 30.8 Å². The topological polar surface area (TPSA) is 72.8 Å². The smallest absolute Gasteiger partial charge is 0.272 e. The number of fused-ring (bicyclic) bond motifs is 1. The minimum atomic E-state index is -0.304. The van der Waals surface area contributed by atoms with E-state index in [1.54, 1.807) is 20.3 Å². The first-order valence-corrected chi connectivity index (χ1v) is 10.5. The number of hydrazone groups is 1. The lowest BCUT2D eigenvalue weighted by molar-refractivity contribution is 0.0956. The lowest BCUT2D eigenvalue weighted by Crippen LogP contribution is -2.20. The standard InChI is InChI=1S/C27H25N3O3/c1-17-9-11-19(12-10-17)24-16-22(21-7-5-6-8-23(21)28-24)27(31)30-29-18(2)20-13-14-25(32-3)26(15-20)33-4/h5-16H,1-4H3,(H,30,31). The van der Waals surface area contributed by atoms with Gasteiger partial charge in [-0.05, 0) is 44.2 Å². The van der Waals surface area contributed by atoms with Crippen LogP contribution in [-0.2, 0) is 0 Å². The Morgan fingerprint density at radius 3 is 2.36 bits per heavy atom. The number of aryl methyl sites for hydroxylation is 1. The predicted octanol–water partition coefficient (Wildman–Crippen LogP) is 5.38. The molecule has 4 aromatic rings. The molecular formula is C27H25N3O3. The largest absolute Gasteiger partial charge is 0.493 e. The maximum atomic E-state index is 13.2. The number of nitrogens with one attached hydrogen (secondary N) is 1. The van der Waals surface area contributed by atoms with E-state index >= 15 is 0 Å². The maximum absolute atomic E-state index is 13.2. The van der Waals surface area contributed by atoms with Gasteiger partial charge in [-0.1, -0.05) is 48.0 Å². The monoisotopic (exact) mass is 439 g/mol. The zero-order valence-electron chi connectivity index (χ0n) is 19.0. The van der Waals surface area contributed by atoms with E-state index < -0.39 is 0 Å². The second-order valence-corrected chi connectivity index (χ2v) is 7.65. The van der Waals surface area contributed by atoms with E-state index in [4.69, 9.17) is 14.5 Å². The number of pyridine rings is 1. The number of methoxy groups -OCH3 is 2. The third-order valence-electron chi connectivity index (χ3n) is 5.43. The molecule has 0 radical (unpaired) electrons. The molecular weight excluding hydrogens is 414 g/mol. The van der Waals surface area contributed by atoms with Crippen molar-refractivity contribution in [2.75, 3.05) is 14.2 Å². The van der Waals surface area contributed by atoms with Crippen molar-refractivity contribution in [2.24, 2.45) is 5.10 Å². The number of para-hydroxylation sites is 1. The Kier molecular flexibility index (Phi) is 6.36. The summed E-state index contributed by atoms with van der Waals surface area (Å²) in [7, 11) is 3.17. The number of hydrogen-bond acceptors (Lipinski definition) is 5. The lowest BCUT2D eigenvalue weighted by Gasteiger charge is -2.11. The second-order valence-electron chi connectivity index (χ2n) is 7.65. The van der Waals surface area contributed by atoms with Crippen molar-refractivity contribution >= 4 is 22.5 Å². The number of carbonyl (C=O) groups excluding carboxylic acids is 1. The first kappa shape index (κ1) is 22.0. The number of carbonyl (C=O) groups is 1. The van der Waals surface area contributed by atoms with Crippen LogP contribution >= 0.6 is 0 Å². The summed E-state index contributed by atoms with van der Waals surface area (Å²) in [5, 5.41) is 5.09. The van der Waals surface area contributed by atoms with Gasteiger partial charge in [0.25, 0.3) is 5.91 Å². The summed E-state index contributed by atoms with van der Waals surface area (Å²) in [6.07, 6.45) is 0. The van der Waals surface area contributed by atoms with Crippen molar-refractivity contribution in [3.8, 4) is 22.8 Å². The number of nitrogens with zero attached hydrogens (tertiary/aromatic N) is 2. The van der Waals surface area contributed by atoms with Crippen LogP contribution in [0, 0.1) is 6.92 Å². The molecule has 33 heavy (non-hydrogen) atoms. The van der Waals surface area contributed by atoms with Crippen LogP contribution in [0.15, 0.2) is 77.9 Å². The van der Waals surface area contributed by atoms with Crippen molar-refractivity contribution < 1.29 is 14.3 Å². The molecule has 0 saturated carbocycles. The van der Waals surface area contributed by atoms with Gasteiger partial charge in [-0.3, -0.25) is 4.79 Å². The Morgan fingerprint density at radius 2 is 1.64 bits per heavy atom. The summed E-state index contributed by atoms with van der Waals surface area (Å²) in [5.74, 6) is 0.922. The van der Waals surface area contributed by atoms with Crippen LogP contribution in [0.25, 0.3) is 22.2 Å². The fourth-order valence-corrected chi connectivity index (χ4v) is 3.56. The van der Waals surface area contributed by atoms with Gasteiger partial charge in [-0.25, -0.2) is 10.4 Å². The minimum Gasteiger partial charge on any atom is -0.493 e. The van der Waals surface area contributed by atoms with Crippen LogP contribution in [0.5, 0.6) is 11.5 Å². The normalized spacial score (nSPS) is 11.3. The van der Waals surface area contributed by atoms with Crippen LogP contribution in [0.2, 0.25) is 0 Å². The predicted molar refractivity (Wildman–Crippen MR) is 131 cm³/mol. The molecule has 0 bridgehead atoms. The zero-order valence-corrected chi connectivity index (χ0v) is 19.0. The molecule has 3 aromatic carbocycles. The van der Waals surface area contributed by atoms with E-state index in [1.165, 1.54) is 0 Å². The Labute approximate surface area is 192 Å². The summed E-state index contributed by atoms with van der Waals surface area (Å²) in [5.41, 5.74) is 8.26. The van der Waals surface area contributed by atoms with Crippen LogP contribution in [0.3, 0.4) is 0 Å². The Bertz CT molecular complexity index is 1340. The molecule has 0 fully saturated rings. The van der Waals surface area contributed by atoms with Crippen molar-refractivity contribution in [3.63, 3.8) is 0 Å². The molecule has 1 aromatic heterocycles. The SMILES string of the molecule is COc1ccc(C(C)=NNC(=O)c2cc(-c3ccc(C)cc3)nc3ccccc23)cc1OC. The lowest BCUT2D eigenvalue weighted by atomic mass is 10.0. The molecule has 0 saturated heterocycles. The molecule has 0 atom stereocenters. The average Bonchev–Trinajstić information content (AvgIpc) is 2.86. The van der Waals surface area contributed by atoms with Crippen LogP contribution in [0.4, 0.5) is 0 Å². The molecule has 0 aliphatic rings. The van der Waals surface area contributed by atoms with Crippen molar-refractivity contribution in [1.82, 2.24) is 10.4 Å². The number of ether oxygens (including phenoxy) is 2. The fourth-order valence-electron chi connectivity index (χ4n) is 3.56. The van der Waals surface area contributed by atoms with E-state index in [0.717, 1.165) is 33.3 Å². The molecule has 6 nitrogen and oxygen atoms in total. The molecule has 4 rings (SSSR count). The molecule has 166 valence electrons. The first-order valence-electron chi connectivity index (χ1n) is 10.5. The van der Waals surface area contributed by atoms with Gasteiger partial charge in [-0.2, -0.15) is 5.10 Å². The molecule has 1 N–H and O–H groups in total. The third-order valence-corrected chi connectivity index (χ3v) is 5.43. The number of amides is 1. The molecule has 6 heteroatoms. The Morgan fingerprint density at radius 1 is 0.909 bits per heavy atom. The summed E-state index contributed by atoms with van der Waals surface area (Å²) in [6.45, 7) is 3.86. The minimum absolute atomic E-state index is 0.304. The highest BCUT2D eigenvalue weighted by molar-refractivity contribution is 6.08. The van der Waals surface area contributed by atoms with E-state index in [9.17, 15) is 4.79 Å². The fraction of sp³-hybridized carbons (Fsp3) is 0.148. The molecule has 0 unspecified atom stereocenters. The highest BCUT2D eigenvalue weighted by Gasteiger charge is 2.14. The highest BCUT2D eigenvalue weighted by Crippen LogP contribution is 2.28. The van der Waals surface area contributed by atoms with Gasteiger partial charge in [0.2, 0.25) is 0 Å². The van der Waals surface area contributed by atoms with Crippen LogP contribution in [0.1, 0.15) is 28.4 Å². The van der Waals surface area contributed by atoms with Gasteiger partial charge < -0.3 is 9.47 Å².